The normalized spacial score (nSPS) is 16.2. The van der Waals surface area contributed by atoms with Gasteiger partial charge in [0.2, 0.25) is 10.0 Å². The van der Waals surface area contributed by atoms with Gasteiger partial charge in [-0.25, -0.2) is 8.42 Å². The number of ether oxygens (including phenoxy) is 2. The molecule has 0 N–H and O–H groups in total. The third-order valence-corrected chi connectivity index (χ3v) is 6.63. The van der Waals surface area contributed by atoms with E-state index in [-0.39, 0.29) is 4.90 Å². The van der Waals surface area contributed by atoms with E-state index in [0.717, 1.165) is 18.0 Å². The quantitative estimate of drug-likeness (QED) is 0.702. The van der Waals surface area contributed by atoms with Crippen molar-refractivity contribution in [3.8, 4) is 11.5 Å². The van der Waals surface area contributed by atoms with E-state index in [1.807, 2.05) is 24.3 Å². The second kappa shape index (κ2) is 8.93. The summed E-state index contributed by atoms with van der Waals surface area (Å²) in [4.78, 5) is 2.44. The SMILES string of the molecule is COc1ccc(OCCN2CCN(S(=O)(=O)c3cccc(Cl)c3)CC2)cc1. The molecule has 0 aliphatic carbocycles. The summed E-state index contributed by atoms with van der Waals surface area (Å²) in [5.41, 5.74) is 0. The first-order valence-electron chi connectivity index (χ1n) is 8.74. The summed E-state index contributed by atoms with van der Waals surface area (Å²) < 4.78 is 37.8. The highest BCUT2D eigenvalue weighted by Crippen LogP contribution is 2.21. The van der Waals surface area contributed by atoms with E-state index in [1.165, 1.54) is 10.4 Å². The van der Waals surface area contributed by atoms with E-state index < -0.39 is 10.0 Å². The third kappa shape index (κ3) is 5.13. The number of sulfonamides is 1. The van der Waals surface area contributed by atoms with Gasteiger partial charge in [0, 0.05) is 37.7 Å². The van der Waals surface area contributed by atoms with Gasteiger partial charge < -0.3 is 9.47 Å². The van der Waals surface area contributed by atoms with Crippen LogP contribution in [0, 0.1) is 0 Å². The Labute approximate surface area is 165 Å². The van der Waals surface area contributed by atoms with Gasteiger partial charge in [-0.05, 0) is 42.5 Å². The van der Waals surface area contributed by atoms with Crippen LogP contribution in [-0.4, -0.2) is 64.1 Å². The number of methoxy groups -OCH3 is 1. The topological polar surface area (TPSA) is 59.1 Å². The molecule has 146 valence electrons. The monoisotopic (exact) mass is 410 g/mol. The molecule has 0 unspecified atom stereocenters. The van der Waals surface area contributed by atoms with E-state index in [2.05, 4.69) is 4.90 Å². The molecule has 6 nitrogen and oxygen atoms in total. The average molecular weight is 411 g/mol. The van der Waals surface area contributed by atoms with Gasteiger partial charge in [0.05, 0.1) is 12.0 Å². The number of hydrogen-bond acceptors (Lipinski definition) is 5. The highest BCUT2D eigenvalue weighted by Gasteiger charge is 2.28. The summed E-state index contributed by atoms with van der Waals surface area (Å²) in [5, 5.41) is 0.422. The van der Waals surface area contributed by atoms with Gasteiger partial charge in [-0.2, -0.15) is 4.31 Å². The first-order chi connectivity index (χ1) is 13.0. The molecular formula is C19H23ClN2O4S. The molecule has 1 saturated heterocycles. The minimum absolute atomic E-state index is 0.242. The van der Waals surface area contributed by atoms with Gasteiger partial charge in [-0.1, -0.05) is 17.7 Å². The molecular weight excluding hydrogens is 388 g/mol. The van der Waals surface area contributed by atoms with Crippen LogP contribution in [-0.2, 0) is 10.0 Å². The maximum absolute atomic E-state index is 12.7. The standard InChI is InChI=1S/C19H23ClN2O4S/c1-25-17-5-7-18(8-6-17)26-14-13-21-9-11-22(12-10-21)27(23,24)19-4-2-3-16(20)15-19/h2-8,15H,9-14H2,1H3. The Morgan fingerprint density at radius 3 is 2.30 bits per heavy atom. The number of rotatable bonds is 7. The Balaban J connectivity index is 1.47. The van der Waals surface area contributed by atoms with E-state index in [1.54, 1.807) is 25.3 Å². The Morgan fingerprint density at radius 2 is 1.67 bits per heavy atom. The maximum atomic E-state index is 12.7. The zero-order valence-electron chi connectivity index (χ0n) is 15.2. The summed E-state index contributed by atoms with van der Waals surface area (Å²) in [6.07, 6.45) is 0. The number of benzene rings is 2. The fourth-order valence-electron chi connectivity index (χ4n) is 2.93. The molecule has 2 aromatic carbocycles. The van der Waals surface area contributed by atoms with Crippen molar-refractivity contribution in [2.24, 2.45) is 0 Å². The van der Waals surface area contributed by atoms with Gasteiger partial charge in [0.1, 0.15) is 18.1 Å². The zero-order chi connectivity index (χ0) is 19.3. The largest absolute Gasteiger partial charge is 0.497 e. The Bertz CT molecular complexity index is 850. The lowest BCUT2D eigenvalue weighted by Crippen LogP contribution is -2.49. The van der Waals surface area contributed by atoms with E-state index in [9.17, 15) is 8.42 Å². The zero-order valence-corrected chi connectivity index (χ0v) is 16.7. The van der Waals surface area contributed by atoms with Crippen LogP contribution in [0.1, 0.15) is 0 Å². The van der Waals surface area contributed by atoms with Crippen molar-refractivity contribution in [1.82, 2.24) is 9.21 Å². The smallest absolute Gasteiger partial charge is 0.243 e. The summed E-state index contributed by atoms with van der Waals surface area (Å²) in [6, 6.07) is 13.8. The lowest BCUT2D eigenvalue weighted by atomic mass is 10.3. The van der Waals surface area contributed by atoms with Crippen LogP contribution in [0.5, 0.6) is 11.5 Å². The fourth-order valence-corrected chi connectivity index (χ4v) is 4.66. The van der Waals surface area contributed by atoms with E-state index in [4.69, 9.17) is 21.1 Å². The van der Waals surface area contributed by atoms with Crippen molar-refractivity contribution in [2.45, 2.75) is 4.90 Å². The molecule has 8 heteroatoms. The van der Waals surface area contributed by atoms with E-state index in [0.29, 0.717) is 37.8 Å². The second-order valence-corrected chi connectivity index (χ2v) is 8.60. The Kier molecular flexibility index (Phi) is 6.59. The molecule has 0 aromatic heterocycles. The summed E-state index contributed by atoms with van der Waals surface area (Å²) in [6.45, 7) is 3.55. The Hall–Kier alpha value is -1.80. The average Bonchev–Trinajstić information content (AvgIpc) is 2.69. The Morgan fingerprint density at radius 1 is 1.00 bits per heavy atom. The molecule has 0 spiro atoms. The molecule has 0 bridgehead atoms. The van der Waals surface area contributed by atoms with Crippen LogP contribution in [0.4, 0.5) is 0 Å². The third-order valence-electron chi connectivity index (χ3n) is 4.50. The number of nitrogens with zero attached hydrogens (tertiary/aromatic N) is 2. The molecule has 0 radical (unpaired) electrons. The van der Waals surface area contributed by atoms with Crippen LogP contribution in [0.15, 0.2) is 53.4 Å². The lowest BCUT2D eigenvalue weighted by Gasteiger charge is -2.33. The van der Waals surface area contributed by atoms with Gasteiger partial charge >= 0.3 is 0 Å². The molecule has 0 saturated carbocycles. The van der Waals surface area contributed by atoms with Gasteiger partial charge in [0.25, 0.3) is 0 Å². The maximum Gasteiger partial charge on any atom is 0.243 e. The molecule has 1 aliphatic heterocycles. The summed E-state index contributed by atoms with van der Waals surface area (Å²) >= 11 is 5.93. The van der Waals surface area contributed by atoms with Crippen molar-refractivity contribution in [1.29, 1.82) is 0 Å². The van der Waals surface area contributed by atoms with Crippen molar-refractivity contribution in [3.63, 3.8) is 0 Å². The van der Waals surface area contributed by atoms with Crippen molar-refractivity contribution in [2.75, 3.05) is 46.4 Å². The van der Waals surface area contributed by atoms with Crippen LogP contribution in [0.2, 0.25) is 5.02 Å². The molecule has 1 fully saturated rings. The minimum Gasteiger partial charge on any atom is -0.497 e. The summed E-state index contributed by atoms with van der Waals surface area (Å²) in [5.74, 6) is 1.58. The van der Waals surface area contributed by atoms with Crippen LogP contribution < -0.4 is 9.47 Å². The molecule has 27 heavy (non-hydrogen) atoms. The predicted molar refractivity (Wildman–Crippen MR) is 105 cm³/mol. The second-order valence-electron chi connectivity index (χ2n) is 6.23. The van der Waals surface area contributed by atoms with Gasteiger partial charge in [-0.3, -0.25) is 4.90 Å². The highest BCUT2D eigenvalue weighted by molar-refractivity contribution is 7.89. The van der Waals surface area contributed by atoms with Crippen LogP contribution in [0.3, 0.4) is 0 Å². The number of piperazine rings is 1. The molecule has 0 amide bonds. The first kappa shape index (κ1) is 19.9. The lowest BCUT2D eigenvalue weighted by molar-refractivity contribution is 0.159. The minimum atomic E-state index is -3.50. The van der Waals surface area contributed by atoms with Crippen molar-refractivity contribution in [3.05, 3.63) is 53.6 Å². The molecule has 0 atom stereocenters. The summed E-state index contributed by atoms with van der Waals surface area (Å²) in [7, 11) is -1.87. The molecule has 3 rings (SSSR count). The van der Waals surface area contributed by atoms with Crippen LogP contribution in [0.25, 0.3) is 0 Å². The number of hydrogen-bond donors (Lipinski definition) is 0. The van der Waals surface area contributed by atoms with E-state index >= 15 is 0 Å². The van der Waals surface area contributed by atoms with Gasteiger partial charge in [0.15, 0.2) is 0 Å². The molecule has 1 aliphatic rings. The molecule has 2 aromatic rings. The van der Waals surface area contributed by atoms with Crippen LogP contribution >= 0.6 is 11.6 Å². The van der Waals surface area contributed by atoms with Gasteiger partial charge in [-0.15, -0.1) is 0 Å². The fraction of sp³-hybridized carbons (Fsp3) is 0.368. The highest BCUT2D eigenvalue weighted by atomic mass is 35.5. The number of halogens is 1. The van der Waals surface area contributed by atoms with Crippen molar-refractivity contribution >= 4 is 21.6 Å². The van der Waals surface area contributed by atoms with Crippen molar-refractivity contribution < 1.29 is 17.9 Å². The first-order valence-corrected chi connectivity index (χ1v) is 10.6. The molecule has 1 heterocycles. The predicted octanol–water partition coefficient (Wildman–Crippen LogP) is 2.73.